The molecule has 0 fully saturated rings. The third-order valence-corrected chi connectivity index (χ3v) is 3.14. The van der Waals surface area contributed by atoms with Crippen molar-refractivity contribution in [3.63, 3.8) is 0 Å². The summed E-state index contributed by atoms with van der Waals surface area (Å²) in [6.07, 6.45) is 1.37. The van der Waals surface area contributed by atoms with E-state index in [1.807, 2.05) is 13.8 Å². The van der Waals surface area contributed by atoms with Gasteiger partial charge in [-0.1, -0.05) is 24.6 Å². The van der Waals surface area contributed by atoms with Crippen LogP contribution in [0.5, 0.6) is 11.5 Å². The molecule has 5 heteroatoms. The van der Waals surface area contributed by atoms with Gasteiger partial charge >= 0.3 is 5.69 Å². The molecule has 0 aliphatic heterocycles. The molecule has 0 amide bonds. The highest BCUT2D eigenvalue weighted by atomic mass is 16.6. The fourth-order valence-electron chi connectivity index (χ4n) is 1.98. The standard InChI is InChI=1S/C16H15NO4/c1-3-12-5-7-16(14(9-12)17(19)20)21-15-6-4-11(2)8-13(15)10-18/h4-10H,3H2,1-2H3. The van der Waals surface area contributed by atoms with Crippen molar-refractivity contribution < 1.29 is 14.5 Å². The second-order valence-electron chi connectivity index (χ2n) is 4.67. The van der Waals surface area contributed by atoms with Crippen molar-refractivity contribution in [2.75, 3.05) is 0 Å². The van der Waals surface area contributed by atoms with Crippen LogP contribution < -0.4 is 4.74 Å². The zero-order valence-corrected chi connectivity index (χ0v) is 11.8. The van der Waals surface area contributed by atoms with Crippen molar-refractivity contribution >= 4 is 12.0 Å². The molecule has 2 rings (SSSR count). The van der Waals surface area contributed by atoms with Gasteiger partial charge < -0.3 is 4.74 Å². The van der Waals surface area contributed by atoms with Crippen LogP contribution in [0.15, 0.2) is 36.4 Å². The number of hydrogen-bond acceptors (Lipinski definition) is 4. The van der Waals surface area contributed by atoms with E-state index in [1.54, 1.807) is 30.3 Å². The van der Waals surface area contributed by atoms with Crippen LogP contribution in [-0.4, -0.2) is 11.2 Å². The summed E-state index contributed by atoms with van der Waals surface area (Å²) < 4.78 is 5.57. The van der Waals surface area contributed by atoms with Crippen LogP contribution in [0.1, 0.15) is 28.4 Å². The summed E-state index contributed by atoms with van der Waals surface area (Å²) in [5.41, 5.74) is 2.03. The molecule has 2 aromatic carbocycles. The predicted molar refractivity (Wildman–Crippen MR) is 79.1 cm³/mol. The number of carbonyl (C=O) groups excluding carboxylic acids is 1. The third-order valence-electron chi connectivity index (χ3n) is 3.14. The highest BCUT2D eigenvalue weighted by Crippen LogP contribution is 2.33. The van der Waals surface area contributed by atoms with E-state index in [1.165, 1.54) is 6.07 Å². The molecule has 108 valence electrons. The van der Waals surface area contributed by atoms with Crippen molar-refractivity contribution in [1.29, 1.82) is 0 Å². The Morgan fingerprint density at radius 3 is 2.52 bits per heavy atom. The van der Waals surface area contributed by atoms with Crippen molar-refractivity contribution in [2.45, 2.75) is 20.3 Å². The Labute approximate surface area is 122 Å². The van der Waals surface area contributed by atoms with E-state index in [9.17, 15) is 14.9 Å². The number of nitro groups is 1. The lowest BCUT2D eigenvalue weighted by Gasteiger charge is -2.09. The minimum absolute atomic E-state index is 0.105. The molecule has 21 heavy (non-hydrogen) atoms. The molecular formula is C16H15NO4. The quantitative estimate of drug-likeness (QED) is 0.471. The van der Waals surface area contributed by atoms with Crippen molar-refractivity contribution in [2.24, 2.45) is 0 Å². The van der Waals surface area contributed by atoms with E-state index in [0.29, 0.717) is 24.0 Å². The van der Waals surface area contributed by atoms with Crippen LogP contribution in [0, 0.1) is 17.0 Å². The van der Waals surface area contributed by atoms with Crippen LogP contribution in [-0.2, 0) is 6.42 Å². The van der Waals surface area contributed by atoms with Crippen molar-refractivity contribution in [3.8, 4) is 11.5 Å². The predicted octanol–water partition coefficient (Wildman–Crippen LogP) is 4.07. The van der Waals surface area contributed by atoms with Gasteiger partial charge in [-0.25, -0.2) is 0 Å². The van der Waals surface area contributed by atoms with E-state index in [2.05, 4.69) is 0 Å². The van der Waals surface area contributed by atoms with E-state index < -0.39 is 4.92 Å². The molecule has 0 aliphatic rings. The lowest BCUT2D eigenvalue weighted by Crippen LogP contribution is -1.97. The lowest BCUT2D eigenvalue weighted by molar-refractivity contribution is -0.385. The monoisotopic (exact) mass is 285 g/mol. The van der Waals surface area contributed by atoms with Gasteiger partial charge in [-0.2, -0.15) is 0 Å². The fourth-order valence-corrected chi connectivity index (χ4v) is 1.98. The van der Waals surface area contributed by atoms with Crippen LogP contribution >= 0.6 is 0 Å². The van der Waals surface area contributed by atoms with Crippen LogP contribution in [0.3, 0.4) is 0 Å². The Morgan fingerprint density at radius 1 is 1.19 bits per heavy atom. The molecule has 0 N–H and O–H groups in total. The van der Waals surface area contributed by atoms with Gasteiger partial charge in [0.15, 0.2) is 6.29 Å². The van der Waals surface area contributed by atoms with Crippen LogP contribution in [0.4, 0.5) is 5.69 Å². The largest absolute Gasteiger partial charge is 0.449 e. The number of nitro benzene ring substituents is 1. The van der Waals surface area contributed by atoms with Crippen LogP contribution in [0.2, 0.25) is 0 Å². The number of ether oxygens (including phenoxy) is 1. The normalized spacial score (nSPS) is 10.2. The first-order valence-electron chi connectivity index (χ1n) is 6.56. The Bertz CT molecular complexity index is 695. The summed E-state index contributed by atoms with van der Waals surface area (Å²) in [6.45, 7) is 3.78. The highest BCUT2D eigenvalue weighted by molar-refractivity contribution is 5.80. The molecule has 0 aliphatic carbocycles. The molecule has 0 spiro atoms. The van der Waals surface area contributed by atoms with Gasteiger partial charge in [0.25, 0.3) is 0 Å². The molecule has 0 atom stereocenters. The Morgan fingerprint density at radius 2 is 1.90 bits per heavy atom. The van der Waals surface area contributed by atoms with Gasteiger partial charge in [-0.05, 0) is 37.1 Å². The summed E-state index contributed by atoms with van der Waals surface area (Å²) in [6, 6.07) is 9.92. The maximum Gasteiger partial charge on any atom is 0.311 e. The molecule has 0 saturated heterocycles. The average molecular weight is 285 g/mol. The average Bonchev–Trinajstić information content (AvgIpc) is 2.49. The van der Waals surface area contributed by atoms with Gasteiger partial charge in [0.05, 0.1) is 10.5 Å². The summed E-state index contributed by atoms with van der Waals surface area (Å²) in [5.74, 6) is 0.437. The SMILES string of the molecule is CCc1ccc(Oc2ccc(C)cc2C=O)c([N+](=O)[O-])c1. The fraction of sp³-hybridized carbons (Fsp3) is 0.188. The van der Waals surface area contributed by atoms with Crippen molar-refractivity contribution in [3.05, 3.63) is 63.2 Å². The number of aldehydes is 1. The van der Waals surface area contributed by atoms with Crippen molar-refractivity contribution in [1.82, 2.24) is 0 Å². The van der Waals surface area contributed by atoms with Gasteiger partial charge in [-0.3, -0.25) is 14.9 Å². The third kappa shape index (κ3) is 3.25. The molecule has 5 nitrogen and oxygen atoms in total. The van der Waals surface area contributed by atoms with E-state index in [-0.39, 0.29) is 11.4 Å². The highest BCUT2D eigenvalue weighted by Gasteiger charge is 2.17. The topological polar surface area (TPSA) is 69.4 Å². The Hall–Kier alpha value is -2.69. The first-order chi connectivity index (χ1) is 10.0. The number of rotatable bonds is 5. The zero-order valence-electron chi connectivity index (χ0n) is 11.8. The van der Waals surface area contributed by atoms with E-state index >= 15 is 0 Å². The van der Waals surface area contributed by atoms with Gasteiger partial charge in [-0.15, -0.1) is 0 Å². The molecule has 0 bridgehead atoms. The van der Waals surface area contributed by atoms with E-state index in [0.717, 1.165) is 11.1 Å². The summed E-state index contributed by atoms with van der Waals surface area (Å²) in [7, 11) is 0. The Kier molecular flexibility index (Phi) is 4.33. The second-order valence-corrected chi connectivity index (χ2v) is 4.67. The molecule has 0 heterocycles. The molecule has 0 radical (unpaired) electrons. The zero-order chi connectivity index (χ0) is 15.4. The minimum Gasteiger partial charge on any atom is -0.449 e. The number of aryl methyl sites for hydroxylation is 2. The first-order valence-corrected chi connectivity index (χ1v) is 6.56. The number of nitrogens with zero attached hydrogens (tertiary/aromatic N) is 1. The number of hydrogen-bond donors (Lipinski definition) is 0. The molecule has 2 aromatic rings. The summed E-state index contributed by atoms with van der Waals surface area (Å²) in [5, 5.41) is 11.1. The molecule has 0 aromatic heterocycles. The van der Waals surface area contributed by atoms with Gasteiger partial charge in [0.1, 0.15) is 5.75 Å². The minimum atomic E-state index is -0.483. The molecule has 0 saturated carbocycles. The second kappa shape index (κ2) is 6.17. The number of carbonyl (C=O) groups is 1. The maximum atomic E-state index is 11.1. The van der Waals surface area contributed by atoms with Crippen LogP contribution in [0.25, 0.3) is 0 Å². The van der Waals surface area contributed by atoms with Gasteiger partial charge in [0, 0.05) is 6.07 Å². The number of benzene rings is 2. The molecular weight excluding hydrogens is 270 g/mol. The van der Waals surface area contributed by atoms with E-state index in [4.69, 9.17) is 4.74 Å². The Balaban J connectivity index is 2.44. The summed E-state index contributed by atoms with van der Waals surface area (Å²) >= 11 is 0. The first kappa shape index (κ1) is 14.7. The smallest absolute Gasteiger partial charge is 0.311 e. The lowest BCUT2D eigenvalue weighted by atomic mass is 10.1. The summed E-state index contributed by atoms with van der Waals surface area (Å²) in [4.78, 5) is 21.7. The van der Waals surface area contributed by atoms with Gasteiger partial charge in [0.2, 0.25) is 5.75 Å². The molecule has 0 unspecified atom stereocenters. The maximum absolute atomic E-state index is 11.1.